The number of benzene rings is 1. The first-order valence-electron chi connectivity index (χ1n) is 4.42. The Bertz CT molecular complexity index is 318. The van der Waals surface area contributed by atoms with Gasteiger partial charge >= 0.3 is 0 Å². The molecule has 0 aliphatic carbocycles. The monoisotopic (exact) mass is 341 g/mol. The highest BCUT2D eigenvalue weighted by Gasteiger charge is 2.06. The lowest BCUT2D eigenvalue weighted by Crippen LogP contribution is -2.23. The van der Waals surface area contributed by atoms with E-state index < -0.39 is 0 Å². The molecule has 0 aromatic heterocycles. The van der Waals surface area contributed by atoms with Crippen molar-refractivity contribution in [3.8, 4) is 0 Å². The van der Waals surface area contributed by atoms with E-state index in [0.717, 1.165) is 14.3 Å². The van der Waals surface area contributed by atoms with E-state index in [0.29, 0.717) is 6.54 Å². The zero-order valence-corrected chi connectivity index (χ0v) is 11.5. The van der Waals surface area contributed by atoms with Crippen LogP contribution in [0.1, 0.15) is 0 Å². The quantitative estimate of drug-likeness (QED) is 0.660. The Hall–Kier alpha value is -0.0400. The fourth-order valence-electron chi connectivity index (χ4n) is 1.09. The summed E-state index contributed by atoms with van der Waals surface area (Å²) in [4.78, 5) is 0. The maximum absolute atomic E-state index is 5.85. The van der Waals surface area contributed by atoms with Crippen LogP contribution in [0.15, 0.2) is 18.2 Å². The lowest BCUT2D eigenvalue weighted by atomic mass is 10.3. The van der Waals surface area contributed by atoms with E-state index in [-0.39, 0.29) is 6.29 Å². The van der Waals surface area contributed by atoms with Gasteiger partial charge in [-0.3, -0.25) is 0 Å². The van der Waals surface area contributed by atoms with Crippen LogP contribution in [-0.2, 0) is 9.47 Å². The van der Waals surface area contributed by atoms with Crippen molar-refractivity contribution in [2.45, 2.75) is 6.29 Å². The van der Waals surface area contributed by atoms with Crippen molar-refractivity contribution in [3.63, 3.8) is 0 Å². The Balaban J connectivity index is 2.57. The Kier molecular flexibility index (Phi) is 5.66. The van der Waals surface area contributed by atoms with Gasteiger partial charge in [-0.05, 0) is 40.8 Å². The molecule has 0 aliphatic rings. The summed E-state index contributed by atoms with van der Waals surface area (Å²) < 4.78 is 11.2. The summed E-state index contributed by atoms with van der Waals surface area (Å²) in [7, 11) is 3.23. The van der Waals surface area contributed by atoms with Crippen LogP contribution in [0, 0.1) is 3.57 Å². The molecule has 1 aromatic carbocycles. The summed E-state index contributed by atoms with van der Waals surface area (Å²) in [5, 5.41) is 3.96. The van der Waals surface area contributed by atoms with Gasteiger partial charge in [0.05, 0.1) is 6.54 Å². The average Bonchev–Trinajstić information content (AvgIpc) is 2.22. The molecule has 1 aromatic rings. The summed E-state index contributed by atoms with van der Waals surface area (Å²) in [5.74, 6) is 0. The molecule has 0 fully saturated rings. The number of rotatable bonds is 5. The maximum atomic E-state index is 5.85. The number of methoxy groups -OCH3 is 2. The Morgan fingerprint density at radius 3 is 2.60 bits per heavy atom. The molecule has 0 radical (unpaired) electrons. The van der Waals surface area contributed by atoms with Crippen LogP contribution in [0.3, 0.4) is 0 Å². The molecule has 0 saturated heterocycles. The average molecular weight is 342 g/mol. The lowest BCUT2D eigenvalue weighted by Gasteiger charge is -2.15. The third-order valence-corrected chi connectivity index (χ3v) is 3.04. The molecule has 5 heteroatoms. The third kappa shape index (κ3) is 4.14. The molecule has 3 nitrogen and oxygen atoms in total. The third-order valence-electron chi connectivity index (χ3n) is 1.92. The van der Waals surface area contributed by atoms with Crippen LogP contribution in [0.5, 0.6) is 0 Å². The fourth-order valence-corrected chi connectivity index (χ4v) is 2.15. The lowest BCUT2D eigenvalue weighted by molar-refractivity contribution is -0.0914. The van der Waals surface area contributed by atoms with Crippen molar-refractivity contribution >= 4 is 39.9 Å². The molecule has 0 saturated carbocycles. The number of halogens is 2. The minimum Gasteiger partial charge on any atom is -0.379 e. The molecule has 0 heterocycles. The predicted octanol–water partition coefficient (Wildman–Crippen LogP) is 2.98. The first-order chi connectivity index (χ1) is 7.17. The number of ether oxygens (including phenoxy) is 2. The number of nitrogens with one attached hydrogen (secondary N) is 1. The van der Waals surface area contributed by atoms with Crippen LogP contribution < -0.4 is 5.32 Å². The van der Waals surface area contributed by atoms with Gasteiger partial charge in [0.25, 0.3) is 0 Å². The zero-order chi connectivity index (χ0) is 11.3. The van der Waals surface area contributed by atoms with Gasteiger partial charge in [0.1, 0.15) is 0 Å². The van der Waals surface area contributed by atoms with Gasteiger partial charge in [0, 0.05) is 28.5 Å². The first-order valence-corrected chi connectivity index (χ1v) is 5.87. The molecular formula is C10H13ClINO2. The topological polar surface area (TPSA) is 30.5 Å². The highest BCUT2D eigenvalue weighted by atomic mass is 127. The fraction of sp³-hybridized carbons (Fsp3) is 0.400. The van der Waals surface area contributed by atoms with Crippen LogP contribution in [-0.4, -0.2) is 27.1 Å². The molecule has 0 bridgehead atoms. The summed E-state index contributed by atoms with van der Waals surface area (Å²) in [6.45, 7) is 0.602. The predicted molar refractivity (Wildman–Crippen MR) is 70.5 cm³/mol. The van der Waals surface area contributed by atoms with E-state index in [4.69, 9.17) is 21.1 Å². The Labute approximate surface area is 108 Å². The minimum atomic E-state index is -0.239. The van der Waals surface area contributed by atoms with Gasteiger partial charge in [-0.15, -0.1) is 0 Å². The molecule has 84 valence electrons. The molecule has 1 N–H and O–H groups in total. The second kappa shape index (κ2) is 6.52. The van der Waals surface area contributed by atoms with E-state index in [9.17, 15) is 0 Å². The van der Waals surface area contributed by atoms with Crippen molar-refractivity contribution in [2.24, 2.45) is 0 Å². The molecule has 1 rings (SSSR count). The van der Waals surface area contributed by atoms with E-state index in [1.807, 2.05) is 18.2 Å². The second-order valence-corrected chi connectivity index (χ2v) is 4.50. The van der Waals surface area contributed by atoms with Gasteiger partial charge < -0.3 is 14.8 Å². The van der Waals surface area contributed by atoms with Gasteiger partial charge in [-0.25, -0.2) is 0 Å². The van der Waals surface area contributed by atoms with Gasteiger partial charge in [0.15, 0.2) is 6.29 Å². The standard InChI is InChI=1S/C10H13ClINO2/c1-14-10(15-2)6-13-9-4-3-7(11)5-8(9)12/h3-5,10,13H,6H2,1-2H3. The largest absolute Gasteiger partial charge is 0.379 e. The number of hydrogen-bond acceptors (Lipinski definition) is 3. The molecule has 15 heavy (non-hydrogen) atoms. The molecule has 0 unspecified atom stereocenters. The number of anilines is 1. The Morgan fingerprint density at radius 2 is 2.07 bits per heavy atom. The summed E-state index contributed by atoms with van der Waals surface area (Å²) in [6, 6.07) is 5.69. The van der Waals surface area contributed by atoms with Gasteiger partial charge in [-0.1, -0.05) is 11.6 Å². The molecule has 0 amide bonds. The van der Waals surface area contributed by atoms with Crippen LogP contribution in [0.25, 0.3) is 0 Å². The molecule has 0 atom stereocenters. The normalized spacial score (nSPS) is 10.7. The van der Waals surface area contributed by atoms with E-state index in [1.165, 1.54) is 0 Å². The summed E-state index contributed by atoms with van der Waals surface area (Å²) >= 11 is 8.08. The highest BCUT2D eigenvalue weighted by Crippen LogP contribution is 2.22. The zero-order valence-electron chi connectivity index (χ0n) is 8.59. The summed E-state index contributed by atoms with van der Waals surface area (Å²) in [5.41, 5.74) is 1.03. The minimum absolute atomic E-state index is 0.239. The molecule has 0 spiro atoms. The van der Waals surface area contributed by atoms with E-state index >= 15 is 0 Å². The van der Waals surface area contributed by atoms with Crippen molar-refractivity contribution in [1.29, 1.82) is 0 Å². The van der Waals surface area contributed by atoms with Crippen LogP contribution >= 0.6 is 34.2 Å². The van der Waals surface area contributed by atoms with Gasteiger partial charge in [0.2, 0.25) is 0 Å². The van der Waals surface area contributed by atoms with Crippen molar-refractivity contribution in [3.05, 3.63) is 26.8 Å². The maximum Gasteiger partial charge on any atom is 0.173 e. The second-order valence-electron chi connectivity index (χ2n) is 2.91. The summed E-state index contributed by atoms with van der Waals surface area (Å²) in [6.07, 6.45) is -0.239. The highest BCUT2D eigenvalue weighted by molar-refractivity contribution is 14.1. The number of hydrogen-bond donors (Lipinski definition) is 1. The molecule has 0 aliphatic heterocycles. The van der Waals surface area contributed by atoms with Crippen LogP contribution in [0.4, 0.5) is 5.69 Å². The SMILES string of the molecule is COC(CNc1ccc(Cl)cc1I)OC. The van der Waals surface area contributed by atoms with Crippen LogP contribution in [0.2, 0.25) is 5.02 Å². The van der Waals surface area contributed by atoms with Crippen molar-refractivity contribution < 1.29 is 9.47 Å². The Morgan fingerprint density at radius 1 is 1.40 bits per heavy atom. The van der Waals surface area contributed by atoms with Gasteiger partial charge in [-0.2, -0.15) is 0 Å². The van der Waals surface area contributed by atoms with Crippen molar-refractivity contribution in [2.75, 3.05) is 26.1 Å². The van der Waals surface area contributed by atoms with E-state index in [1.54, 1.807) is 14.2 Å². The van der Waals surface area contributed by atoms with Crippen molar-refractivity contribution in [1.82, 2.24) is 0 Å². The van der Waals surface area contributed by atoms with E-state index in [2.05, 4.69) is 27.9 Å². The first kappa shape index (κ1) is 13.0. The smallest absolute Gasteiger partial charge is 0.173 e. The molecular weight excluding hydrogens is 328 g/mol.